The summed E-state index contributed by atoms with van der Waals surface area (Å²) in [6, 6.07) is 0. The van der Waals surface area contributed by atoms with Crippen molar-refractivity contribution in [2.24, 2.45) is 34.5 Å². The average Bonchev–Trinajstić information content (AvgIpc) is 3.63. The van der Waals surface area contributed by atoms with E-state index in [9.17, 15) is 30.0 Å². The van der Waals surface area contributed by atoms with E-state index in [1.807, 2.05) is 67.5 Å². The van der Waals surface area contributed by atoms with Crippen LogP contribution in [0, 0.1) is 76.0 Å². The lowest BCUT2D eigenvalue weighted by molar-refractivity contribution is -0.179. The standard InChI is InChI=1S/C39H50O8/c1-18-20(3)34-30(22(5)32(18)40)15-26(24(7)46-34)11-13-38(36(42)43)28-9-10-29(17-28)39(38,37(44)45)14-12-27-16-31-23(6)33(41)19(2)21(4)35(31)47-25(27)8/h9-10,24-29,40-41H,11-17H2,1-8H3,(H,42,43)(H,44,45). The third-order valence-corrected chi connectivity index (χ3v) is 13.3. The zero-order chi connectivity index (χ0) is 34.3. The van der Waals surface area contributed by atoms with Gasteiger partial charge in [-0.1, -0.05) is 12.2 Å². The maximum atomic E-state index is 13.6. The van der Waals surface area contributed by atoms with Crippen LogP contribution in [0.2, 0.25) is 0 Å². The molecule has 254 valence electrons. The number of aliphatic carboxylic acids is 2. The Labute approximate surface area is 277 Å². The lowest BCUT2D eigenvalue weighted by Gasteiger charge is -2.48. The first kappa shape index (κ1) is 33.2. The lowest BCUT2D eigenvalue weighted by Crippen LogP contribution is -2.56. The number of carbonyl (C=O) groups is 2. The van der Waals surface area contributed by atoms with Crippen LogP contribution in [0.3, 0.4) is 0 Å². The lowest BCUT2D eigenvalue weighted by atomic mass is 9.53. The van der Waals surface area contributed by atoms with Crippen molar-refractivity contribution in [3.8, 4) is 23.0 Å². The van der Waals surface area contributed by atoms with Crippen molar-refractivity contribution in [2.45, 2.75) is 113 Å². The molecule has 4 N–H and O–H groups in total. The molecule has 2 bridgehead atoms. The number of hydrogen-bond donors (Lipinski definition) is 4. The molecule has 6 rings (SSSR count). The topological polar surface area (TPSA) is 134 Å². The Morgan fingerprint density at radius 1 is 0.660 bits per heavy atom. The number of fused-ring (bicyclic) bond motifs is 4. The number of carboxylic acid groups (broad SMARTS) is 2. The summed E-state index contributed by atoms with van der Waals surface area (Å²) < 4.78 is 12.9. The van der Waals surface area contributed by atoms with Crippen molar-refractivity contribution in [2.75, 3.05) is 0 Å². The second kappa shape index (κ2) is 11.5. The van der Waals surface area contributed by atoms with Crippen molar-refractivity contribution in [1.29, 1.82) is 0 Å². The molecule has 0 amide bonds. The first-order valence-electron chi connectivity index (χ1n) is 17.2. The quantitative estimate of drug-likeness (QED) is 0.218. The monoisotopic (exact) mass is 646 g/mol. The van der Waals surface area contributed by atoms with Crippen LogP contribution in [0.5, 0.6) is 23.0 Å². The van der Waals surface area contributed by atoms with E-state index < -0.39 is 22.8 Å². The molecule has 4 aliphatic rings. The number of aromatic hydroxyl groups is 2. The fourth-order valence-corrected chi connectivity index (χ4v) is 9.89. The van der Waals surface area contributed by atoms with E-state index in [0.29, 0.717) is 32.1 Å². The van der Waals surface area contributed by atoms with E-state index in [-0.39, 0.29) is 60.2 Å². The summed E-state index contributed by atoms with van der Waals surface area (Å²) in [5.41, 5.74) is 3.99. The van der Waals surface area contributed by atoms with Crippen LogP contribution in [-0.2, 0) is 22.4 Å². The predicted octanol–water partition coefficient (Wildman–Crippen LogP) is 7.44. The van der Waals surface area contributed by atoms with Gasteiger partial charge in [-0.25, -0.2) is 0 Å². The van der Waals surface area contributed by atoms with Crippen molar-refractivity contribution >= 4 is 11.9 Å². The molecule has 8 heteroatoms. The Balaban J connectivity index is 1.30. The Morgan fingerprint density at radius 3 is 1.36 bits per heavy atom. The molecule has 47 heavy (non-hydrogen) atoms. The van der Waals surface area contributed by atoms with Crippen LogP contribution < -0.4 is 9.47 Å². The smallest absolute Gasteiger partial charge is 0.311 e. The summed E-state index contributed by atoms with van der Waals surface area (Å²) in [4.78, 5) is 27.2. The fraction of sp³-hybridized carbons (Fsp3) is 0.590. The first-order chi connectivity index (χ1) is 22.1. The van der Waals surface area contributed by atoms with Crippen LogP contribution in [0.15, 0.2) is 12.2 Å². The molecule has 0 aromatic heterocycles. The molecule has 1 fully saturated rings. The van der Waals surface area contributed by atoms with Crippen molar-refractivity contribution in [3.63, 3.8) is 0 Å². The maximum Gasteiger partial charge on any atom is 0.311 e. The molecule has 2 heterocycles. The van der Waals surface area contributed by atoms with E-state index in [1.54, 1.807) is 0 Å². The summed E-state index contributed by atoms with van der Waals surface area (Å²) in [6.07, 6.45) is 6.79. The highest BCUT2D eigenvalue weighted by atomic mass is 16.5. The van der Waals surface area contributed by atoms with Crippen LogP contribution in [0.4, 0.5) is 0 Å². The van der Waals surface area contributed by atoms with Gasteiger partial charge >= 0.3 is 11.9 Å². The Morgan fingerprint density at radius 2 is 1.02 bits per heavy atom. The van der Waals surface area contributed by atoms with E-state index in [1.165, 1.54) is 0 Å². The minimum absolute atomic E-state index is 0.0286. The summed E-state index contributed by atoms with van der Waals surface area (Å²) in [7, 11) is 0. The summed E-state index contributed by atoms with van der Waals surface area (Å²) >= 11 is 0. The molecule has 2 aliphatic carbocycles. The van der Waals surface area contributed by atoms with Gasteiger partial charge in [0, 0.05) is 11.1 Å². The second-order valence-corrected chi connectivity index (χ2v) is 15.1. The summed E-state index contributed by atoms with van der Waals surface area (Å²) in [5.74, 6) is -0.723. The number of phenols is 2. The number of carboxylic acids is 2. The van der Waals surface area contributed by atoms with E-state index >= 15 is 0 Å². The van der Waals surface area contributed by atoms with E-state index in [0.717, 1.165) is 56.0 Å². The number of allylic oxidation sites excluding steroid dienone is 2. The molecule has 0 spiro atoms. The molecule has 0 radical (unpaired) electrons. The number of ether oxygens (including phenoxy) is 2. The molecule has 8 atom stereocenters. The third kappa shape index (κ3) is 4.60. The fourth-order valence-electron chi connectivity index (χ4n) is 9.89. The Bertz CT molecular complexity index is 1570. The molecule has 0 saturated heterocycles. The summed E-state index contributed by atoms with van der Waals surface area (Å²) in [6.45, 7) is 15.5. The molecular weight excluding hydrogens is 596 g/mol. The first-order valence-corrected chi connectivity index (χ1v) is 17.2. The summed E-state index contributed by atoms with van der Waals surface area (Å²) in [5, 5.41) is 43.8. The van der Waals surface area contributed by atoms with Gasteiger partial charge < -0.3 is 29.9 Å². The highest BCUT2D eigenvalue weighted by Crippen LogP contribution is 2.68. The van der Waals surface area contributed by atoms with Gasteiger partial charge in [0.05, 0.1) is 23.0 Å². The van der Waals surface area contributed by atoms with E-state index in [4.69, 9.17) is 9.47 Å². The third-order valence-electron chi connectivity index (χ3n) is 13.3. The van der Waals surface area contributed by atoms with Gasteiger partial charge in [0.15, 0.2) is 0 Å². The SMILES string of the molecule is Cc1c(C)c2c(c(C)c1O)CC(CCC1(C(=O)O)C3C=CC(C3)C1(CCC1Cc3c(C)c(O)c(C)c(C)c3OC1C)C(=O)O)C(C)O2. The minimum Gasteiger partial charge on any atom is -0.507 e. The highest BCUT2D eigenvalue weighted by molar-refractivity contribution is 5.89. The minimum atomic E-state index is -1.46. The zero-order valence-electron chi connectivity index (χ0n) is 29.0. The van der Waals surface area contributed by atoms with Gasteiger partial charge in [0.25, 0.3) is 0 Å². The normalized spacial score (nSPS) is 32.0. The number of rotatable bonds is 8. The average molecular weight is 647 g/mol. The second-order valence-electron chi connectivity index (χ2n) is 15.1. The van der Waals surface area contributed by atoms with Crippen molar-refractivity contribution in [1.82, 2.24) is 0 Å². The molecule has 2 aromatic carbocycles. The van der Waals surface area contributed by atoms with Gasteiger partial charge in [-0.3, -0.25) is 9.59 Å². The van der Waals surface area contributed by atoms with Gasteiger partial charge in [-0.15, -0.1) is 0 Å². The zero-order valence-corrected chi connectivity index (χ0v) is 29.0. The Hall–Kier alpha value is -3.68. The van der Waals surface area contributed by atoms with Gasteiger partial charge in [0.1, 0.15) is 23.0 Å². The largest absolute Gasteiger partial charge is 0.507 e. The number of benzene rings is 2. The highest BCUT2D eigenvalue weighted by Gasteiger charge is 2.72. The van der Waals surface area contributed by atoms with Gasteiger partial charge in [-0.05, 0) is 157 Å². The van der Waals surface area contributed by atoms with Crippen LogP contribution in [0.1, 0.15) is 90.5 Å². The molecule has 2 aromatic rings. The predicted molar refractivity (Wildman–Crippen MR) is 179 cm³/mol. The van der Waals surface area contributed by atoms with Crippen LogP contribution in [-0.4, -0.2) is 44.6 Å². The van der Waals surface area contributed by atoms with Crippen molar-refractivity contribution < 1.29 is 39.5 Å². The van der Waals surface area contributed by atoms with E-state index in [2.05, 4.69) is 0 Å². The van der Waals surface area contributed by atoms with Crippen LogP contribution in [0.25, 0.3) is 0 Å². The molecule has 2 aliphatic heterocycles. The number of phenolic OH excluding ortho intramolecular Hbond substituents is 2. The van der Waals surface area contributed by atoms with Crippen molar-refractivity contribution in [3.05, 3.63) is 56.7 Å². The Kier molecular flexibility index (Phi) is 8.12. The molecule has 8 unspecified atom stereocenters. The van der Waals surface area contributed by atoms with Crippen LogP contribution >= 0.6 is 0 Å². The van der Waals surface area contributed by atoms with Gasteiger partial charge in [-0.2, -0.15) is 0 Å². The number of hydrogen-bond acceptors (Lipinski definition) is 6. The molecular formula is C39H50O8. The van der Waals surface area contributed by atoms with Gasteiger partial charge in [0.2, 0.25) is 0 Å². The molecule has 8 nitrogen and oxygen atoms in total. The maximum absolute atomic E-state index is 13.6. The molecule has 1 saturated carbocycles.